The zero-order valence-electron chi connectivity index (χ0n) is 13.2. The Bertz CT molecular complexity index is 934. The van der Waals surface area contributed by atoms with Crippen molar-refractivity contribution >= 4 is 27.5 Å². The average molecular weight is 344 g/mol. The Hall–Kier alpha value is -2.67. The van der Waals surface area contributed by atoms with E-state index in [1.807, 2.05) is 19.1 Å². The van der Waals surface area contributed by atoms with Gasteiger partial charge in [-0.15, -0.1) is 0 Å². The van der Waals surface area contributed by atoms with Gasteiger partial charge in [0.15, 0.2) is 0 Å². The van der Waals surface area contributed by atoms with Gasteiger partial charge in [0.25, 0.3) is 11.8 Å². The summed E-state index contributed by atoms with van der Waals surface area (Å²) in [4.78, 5) is 24.8. The molecule has 0 spiro atoms. The fourth-order valence-electron chi connectivity index (χ4n) is 2.54. The molecule has 0 atom stereocenters. The van der Waals surface area contributed by atoms with E-state index >= 15 is 0 Å². The SMILES string of the molecule is Cc1ccc(CS(=O)(=O)Nc2ccc3c(c2)C(=O)N(C)C3=O)cc1. The molecular formula is C17H16N2O4S. The Labute approximate surface area is 140 Å². The molecule has 0 radical (unpaired) electrons. The van der Waals surface area contributed by atoms with Crippen molar-refractivity contribution in [2.45, 2.75) is 12.7 Å². The maximum atomic E-state index is 12.3. The van der Waals surface area contributed by atoms with Crippen LogP contribution in [0.3, 0.4) is 0 Å². The predicted molar refractivity (Wildman–Crippen MR) is 90.3 cm³/mol. The molecule has 0 saturated heterocycles. The van der Waals surface area contributed by atoms with Gasteiger partial charge in [-0.1, -0.05) is 29.8 Å². The lowest BCUT2D eigenvalue weighted by molar-refractivity contribution is 0.0693. The Balaban J connectivity index is 1.82. The number of hydrogen-bond donors (Lipinski definition) is 1. The molecule has 2 amide bonds. The van der Waals surface area contributed by atoms with Crippen molar-refractivity contribution < 1.29 is 18.0 Å². The molecule has 2 aromatic rings. The van der Waals surface area contributed by atoms with Crippen molar-refractivity contribution in [3.05, 3.63) is 64.7 Å². The minimum atomic E-state index is -3.62. The van der Waals surface area contributed by atoms with Crippen molar-refractivity contribution in [1.82, 2.24) is 4.90 Å². The fourth-order valence-corrected chi connectivity index (χ4v) is 3.73. The molecule has 2 aromatic carbocycles. The zero-order valence-corrected chi connectivity index (χ0v) is 14.1. The molecule has 0 aromatic heterocycles. The summed E-state index contributed by atoms with van der Waals surface area (Å²) in [5.74, 6) is -0.990. The summed E-state index contributed by atoms with van der Waals surface area (Å²) in [6.07, 6.45) is 0. The Kier molecular flexibility index (Phi) is 3.88. The van der Waals surface area contributed by atoms with Crippen LogP contribution in [0.1, 0.15) is 31.8 Å². The molecule has 1 N–H and O–H groups in total. The number of nitrogens with one attached hydrogen (secondary N) is 1. The summed E-state index contributed by atoms with van der Waals surface area (Å²) in [7, 11) is -2.23. The third kappa shape index (κ3) is 3.03. The second-order valence-corrected chi connectivity index (χ2v) is 7.50. The molecule has 1 heterocycles. The predicted octanol–water partition coefficient (Wildman–Crippen LogP) is 2.16. The number of benzene rings is 2. The molecule has 0 fully saturated rings. The van der Waals surface area contributed by atoms with Crippen LogP contribution in [0.5, 0.6) is 0 Å². The van der Waals surface area contributed by atoms with E-state index < -0.39 is 15.9 Å². The first-order chi connectivity index (χ1) is 11.3. The lowest BCUT2D eigenvalue weighted by atomic mass is 10.1. The second kappa shape index (κ2) is 5.76. The van der Waals surface area contributed by atoms with Crippen molar-refractivity contribution in [2.75, 3.05) is 11.8 Å². The summed E-state index contributed by atoms with van der Waals surface area (Å²) in [5.41, 5.74) is 2.47. The number of rotatable bonds is 4. The van der Waals surface area contributed by atoms with E-state index in [2.05, 4.69) is 4.72 Å². The normalized spacial score (nSPS) is 14.0. The van der Waals surface area contributed by atoms with Crippen LogP contribution in [0.2, 0.25) is 0 Å². The summed E-state index contributed by atoms with van der Waals surface area (Å²) in [6.45, 7) is 1.93. The molecule has 7 heteroatoms. The number of aryl methyl sites for hydroxylation is 1. The maximum Gasteiger partial charge on any atom is 0.261 e. The summed E-state index contributed by atoms with van der Waals surface area (Å²) in [5, 5.41) is 0. The first-order valence-electron chi connectivity index (χ1n) is 7.29. The average Bonchev–Trinajstić information content (AvgIpc) is 2.73. The van der Waals surface area contributed by atoms with E-state index in [9.17, 15) is 18.0 Å². The van der Waals surface area contributed by atoms with E-state index in [1.165, 1.54) is 25.2 Å². The van der Waals surface area contributed by atoms with Gasteiger partial charge in [0.2, 0.25) is 10.0 Å². The summed E-state index contributed by atoms with van der Waals surface area (Å²) < 4.78 is 27.0. The molecule has 1 aliphatic rings. The number of anilines is 1. The van der Waals surface area contributed by atoms with E-state index in [0.717, 1.165) is 10.5 Å². The number of imide groups is 1. The highest BCUT2D eigenvalue weighted by Crippen LogP contribution is 2.25. The van der Waals surface area contributed by atoms with Gasteiger partial charge in [-0.25, -0.2) is 8.42 Å². The van der Waals surface area contributed by atoms with Crippen molar-refractivity contribution in [3.8, 4) is 0 Å². The minimum absolute atomic E-state index is 0.169. The molecule has 0 unspecified atom stereocenters. The van der Waals surface area contributed by atoms with Gasteiger partial charge < -0.3 is 0 Å². The van der Waals surface area contributed by atoms with Gasteiger partial charge in [-0.2, -0.15) is 0 Å². The third-order valence-corrected chi connectivity index (χ3v) is 5.10. The highest BCUT2D eigenvalue weighted by Gasteiger charge is 2.32. The van der Waals surface area contributed by atoms with Gasteiger partial charge in [-0.3, -0.25) is 19.2 Å². The number of hydrogen-bond acceptors (Lipinski definition) is 4. The van der Waals surface area contributed by atoms with Crippen LogP contribution in [0, 0.1) is 6.92 Å². The first-order valence-corrected chi connectivity index (χ1v) is 8.94. The number of carbonyl (C=O) groups is 2. The summed E-state index contributed by atoms with van der Waals surface area (Å²) >= 11 is 0. The van der Waals surface area contributed by atoms with E-state index in [0.29, 0.717) is 5.56 Å². The van der Waals surface area contributed by atoms with Crippen LogP contribution in [-0.4, -0.2) is 32.2 Å². The van der Waals surface area contributed by atoms with Crippen LogP contribution in [-0.2, 0) is 15.8 Å². The van der Waals surface area contributed by atoms with Crippen LogP contribution in [0.25, 0.3) is 0 Å². The van der Waals surface area contributed by atoms with Crippen LogP contribution >= 0.6 is 0 Å². The smallest absolute Gasteiger partial charge is 0.261 e. The monoisotopic (exact) mass is 344 g/mol. The highest BCUT2D eigenvalue weighted by molar-refractivity contribution is 7.91. The van der Waals surface area contributed by atoms with E-state index in [4.69, 9.17) is 0 Å². The van der Waals surface area contributed by atoms with Gasteiger partial charge in [0.1, 0.15) is 0 Å². The molecule has 24 heavy (non-hydrogen) atoms. The second-order valence-electron chi connectivity index (χ2n) is 5.78. The zero-order chi connectivity index (χ0) is 17.5. The quantitative estimate of drug-likeness (QED) is 0.862. The van der Waals surface area contributed by atoms with Crippen molar-refractivity contribution in [2.24, 2.45) is 0 Å². The van der Waals surface area contributed by atoms with E-state index in [1.54, 1.807) is 12.1 Å². The number of sulfonamides is 1. The Morgan fingerprint density at radius 2 is 1.58 bits per heavy atom. The van der Waals surface area contributed by atoms with Crippen LogP contribution in [0.4, 0.5) is 5.69 Å². The van der Waals surface area contributed by atoms with Gasteiger partial charge in [0, 0.05) is 12.7 Å². The molecule has 6 nitrogen and oxygen atoms in total. The van der Waals surface area contributed by atoms with Gasteiger partial charge in [-0.05, 0) is 30.7 Å². The Morgan fingerprint density at radius 3 is 2.25 bits per heavy atom. The van der Waals surface area contributed by atoms with Gasteiger partial charge in [0.05, 0.1) is 16.9 Å². The van der Waals surface area contributed by atoms with Crippen molar-refractivity contribution in [1.29, 1.82) is 0 Å². The minimum Gasteiger partial charge on any atom is -0.283 e. The molecule has 0 aliphatic carbocycles. The molecule has 0 bridgehead atoms. The molecule has 124 valence electrons. The number of fused-ring (bicyclic) bond motifs is 1. The standard InChI is InChI=1S/C17H16N2O4S/c1-11-3-5-12(6-4-11)10-24(22,23)18-13-7-8-14-15(9-13)17(21)19(2)16(14)20/h3-9,18H,10H2,1-2H3. The van der Waals surface area contributed by atoms with Crippen LogP contribution < -0.4 is 4.72 Å². The molecule has 3 rings (SSSR count). The number of amides is 2. The van der Waals surface area contributed by atoms with E-state index in [-0.39, 0.29) is 28.5 Å². The first kappa shape index (κ1) is 16.2. The van der Waals surface area contributed by atoms with Crippen molar-refractivity contribution in [3.63, 3.8) is 0 Å². The third-order valence-electron chi connectivity index (χ3n) is 3.84. The van der Waals surface area contributed by atoms with Crippen LogP contribution in [0.15, 0.2) is 42.5 Å². The highest BCUT2D eigenvalue weighted by atomic mass is 32.2. The Morgan fingerprint density at radius 1 is 0.958 bits per heavy atom. The molecular weight excluding hydrogens is 328 g/mol. The maximum absolute atomic E-state index is 12.3. The number of carbonyl (C=O) groups excluding carboxylic acids is 2. The topological polar surface area (TPSA) is 83.6 Å². The number of nitrogens with zero attached hydrogens (tertiary/aromatic N) is 1. The lowest BCUT2D eigenvalue weighted by Gasteiger charge is -2.09. The molecule has 0 saturated carbocycles. The van der Waals surface area contributed by atoms with Gasteiger partial charge >= 0.3 is 0 Å². The summed E-state index contributed by atoms with van der Waals surface area (Å²) in [6, 6.07) is 11.5. The largest absolute Gasteiger partial charge is 0.283 e. The lowest BCUT2D eigenvalue weighted by Crippen LogP contribution is -2.24. The molecule has 1 aliphatic heterocycles. The fraction of sp³-hybridized carbons (Fsp3) is 0.176.